The maximum absolute atomic E-state index is 13.6. The molecule has 10 heteroatoms. The molecule has 1 amide bonds. The Bertz CT molecular complexity index is 1480. The van der Waals surface area contributed by atoms with Gasteiger partial charge in [-0.15, -0.1) is 0 Å². The molecule has 1 aliphatic heterocycles. The van der Waals surface area contributed by atoms with Crippen molar-refractivity contribution in [3.05, 3.63) is 76.5 Å². The molecule has 1 unspecified atom stereocenters. The van der Waals surface area contributed by atoms with Gasteiger partial charge in [0.2, 0.25) is 5.95 Å². The van der Waals surface area contributed by atoms with Crippen LogP contribution in [0, 0.1) is 5.92 Å². The Morgan fingerprint density at radius 1 is 1.18 bits per heavy atom. The number of benzene rings is 2. The summed E-state index contributed by atoms with van der Waals surface area (Å²) in [4.78, 5) is 34.4. The highest BCUT2D eigenvalue weighted by Crippen LogP contribution is 2.41. The van der Waals surface area contributed by atoms with Crippen LogP contribution in [0.15, 0.2) is 53.8 Å². The number of nitrogens with two attached hydrogens (primary N) is 2. The summed E-state index contributed by atoms with van der Waals surface area (Å²) < 4.78 is 11.2. The van der Waals surface area contributed by atoms with Crippen LogP contribution in [0.5, 0.6) is 11.5 Å². The van der Waals surface area contributed by atoms with Crippen molar-refractivity contribution in [3.63, 3.8) is 0 Å². The first-order chi connectivity index (χ1) is 18.9. The van der Waals surface area contributed by atoms with Gasteiger partial charge in [0.25, 0.3) is 5.91 Å². The van der Waals surface area contributed by atoms with Crippen molar-refractivity contribution in [1.29, 1.82) is 0 Å². The third-order valence-corrected chi connectivity index (χ3v) is 7.14. The summed E-state index contributed by atoms with van der Waals surface area (Å²) >= 11 is 0. The molecule has 0 spiro atoms. The number of hydrogen-bond acceptors (Lipinski definition) is 9. The fourth-order valence-corrected chi connectivity index (χ4v) is 5.29. The Kier molecular flexibility index (Phi) is 7.27. The van der Waals surface area contributed by atoms with Crippen LogP contribution in [0.2, 0.25) is 0 Å². The second-order valence-corrected chi connectivity index (χ2v) is 9.54. The van der Waals surface area contributed by atoms with Gasteiger partial charge in [-0.05, 0) is 47.7 Å². The van der Waals surface area contributed by atoms with E-state index >= 15 is 0 Å². The smallest absolute Gasteiger partial charge is 0.267 e. The number of hydrazone groups is 1. The van der Waals surface area contributed by atoms with E-state index in [9.17, 15) is 9.59 Å². The first-order valence-electron chi connectivity index (χ1n) is 12.7. The Labute approximate surface area is 226 Å². The average Bonchev–Trinajstić information content (AvgIpc) is 3.37. The summed E-state index contributed by atoms with van der Waals surface area (Å²) in [6.45, 7) is 0. The lowest BCUT2D eigenvalue weighted by Gasteiger charge is -2.34. The minimum atomic E-state index is -0.449. The van der Waals surface area contributed by atoms with Gasteiger partial charge in [0.1, 0.15) is 11.6 Å². The maximum atomic E-state index is 13.6. The number of ketones is 1. The molecule has 1 aromatic heterocycles. The molecule has 200 valence electrons. The lowest BCUT2D eigenvalue weighted by Crippen LogP contribution is -2.38. The number of ether oxygens (including phenoxy) is 2. The van der Waals surface area contributed by atoms with Gasteiger partial charge in [-0.25, -0.2) is 9.99 Å². The van der Waals surface area contributed by atoms with Gasteiger partial charge in [0.15, 0.2) is 11.5 Å². The van der Waals surface area contributed by atoms with Crippen LogP contribution in [0.3, 0.4) is 0 Å². The molecular weight excluding hydrogens is 496 g/mol. The predicted octanol–water partition coefficient (Wildman–Crippen LogP) is 3.55. The lowest BCUT2D eigenvalue weighted by molar-refractivity contribution is -0.132. The van der Waals surface area contributed by atoms with Crippen molar-refractivity contribution >= 4 is 35.7 Å². The van der Waals surface area contributed by atoms with Gasteiger partial charge in [-0.3, -0.25) is 9.59 Å². The first-order valence-corrected chi connectivity index (χ1v) is 12.7. The molecule has 1 aliphatic carbocycles. The van der Waals surface area contributed by atoms with Crippen molar-refractivity contribution < 1.29 is 19.1 Å². The van der Waals surface area contributed by atoms with Gasteiger partial charge >= 0.3 is 0 Å². The summed E-state index contributed by atoms with van der Waals surface area (Å²) in [5, 5.41) is 5.89. The van der Waals surface area contributed by atoms with Crippen molar-refractivity contribution in [2.24, 2.45) is 11.0 Å². The highest BCUT2D eigenvalue weighted by Gasteiger charge is 2.40. The van der Waals surface area contributed by atoms with Gasteiger partial charge in [0.05, 0.1) is 26.5 Å². The van der Waals surface area contributed by atoms with E-state index < -0.39 is 6.04 Å². The van der Waals surface area contributed by atoms with Crippen LogP contribution in [-0.4, -0.2) is 47.1 Å². The Balaban J connectivity index is 1.47. The Hall–Kier alpha value is -4.73. The van der Waals surface area contributed by atoms with Crippen LogP contribution in [0.25, 0.3) is 6.08 Å². The number of rotatable bonds is 7. The standard InChI is InChI=1S/C29H30N6O4/c1-38-24-14-17(13-20-15-32-29(31)34-28(20)30)12-18(27(24)39-2)10-11-25(37)35-26(22-8-5-9-23(22)36)21-7-4-3-6-19(21)16-33-35/h3-4,6-7,10-12,14-16,22,26H,5,8-9,13H2,1-2H3,(H4,30,31,32,34)/b11-10+/t22-,26?/m1/s1. The van der Waals surface area contributed by atoms with Crippen LogP contribution >= 0.6 is 0 Å². The molecule has 0 radical (unpaired) electrons. The second kappa shape index (κ2) is 10.9. The molecule has 2 heterocycles. The van der Waals surface area contributed by atoms with E-state index in [0.29, 0.717) is 41.3 Å². The molecule has 5 rings (SSSR count). The highest BCUT2D eigenvalue weighted by atomic mass is 16.5. The average molecular weight is 527 g/mol. The number of carbonyl (C=O) groups is 2. The first kappa shape index (κ1) is 25.9. The fourth-order valence-electron chi connectivity index (χ4n) is 5.29. The van der Waals surface area contributed by atoms with Crippen molar-refractivity contribution in [3.8, 4) is 11.5 Å². The number of amides is 1. The number of nitrogens with zero attached hydrogens (tertiary/aromatic N) is 4. The summed E-state index contributed by atoms with van der Waals surface area (Å²) in [7, 11) is 3.08. The molecule has 0 bridgehead atoms. The molecule has 4 N–H and O–H groups in total. The molecule has 2 aliphatic rings. The molecule has 2 aromatic carbocycles. The van der Waals surface area contributed by atoms with Gasteiger partial charge in [-0.1, -0.05) is 24.3 Å². The van der Waals surface area contributed by atoms with E-state index in [2.05, 4.69) is 15.1 Å². The summed E-state index contributed by atoms with van der Waals surface area (Å²) in [6, 6.07) is 11.0. The lowest BCUT2D eigenvalue weighted by atomic mass is 9.87. The van der Waals surface area contributed by atoms with E-state index in [-0.39, 0.29) is 23.6 Å². The largest absolute Gasteiger partial charge is 0.493 e. The van der Waals surface area contributed by atoms with E-state index in [0.717, 1.165) is 29.5 Å². The normalized spacial score (nSPS) is 18.4. The molecule has 10 nitrogen and oxygen atoms in total. The van der Waals surface area contributed by atoms with Crippen molar-refractivity contribution in [2.45, 2.75) is 31.7 Å². The predicted molar refractivity (Wildman–Crippen MR) is 148 cm³/mol. The summed E-state index contributed by atoms with van der Waals surface area (Å²) in [5.74, 6) is 0.906. The topological polar surface area (TPSA) is 146 Å². The monoisotopic (exact) mass is 526 g/mol. The van der Waals surface area contributed by atoms with Crippen molar-refractivity contribution in [2.75, 3.05) is 25.7 Å². The summed E-state index contributed by atoms with van der Waals surface area (Å²) in [6.07, 6.45) is 8.85. The number of Topliss-reactive ketones (excluding diaryl/α,β-unsaturated/α-hetero) is 1. The molecular formula is C29H30N6O4. The summed E-state index contributed by atoms with van der Waals surface area (Å²) in [5.41, 5.74) is 15.7. The number of carbonyl (C=O) groups excluding carboxylic acids is 2. The van der Waals surface area contributed by atoms with Crippen LogP contribution < -0.4 is 20.9 Å². The zero-order valence-corrected chi connectivity index (χ0v) is 21.8. The Morgan fingerprint density at radius 3 is 2.72 bits per heavy atom. The molecule has 2 atom stereocenters. The highest BCUT2D eigenvalue weighted by molar-refractivity contribution is 5.96. The van der Waals surface area contributed by atoms with E-state index in [4.69, 9.17) is 20.9 Å². The molecule has 0 saturated heterocycles. The molecule has 1 saturated carbocycles. The van der Waals surface area contributed by atoms with E-state index in [1.165, 1.54) is 18.2 Å². The second-order valence-electron chi connectivity index (χ2n) is 9.54. The fraction of sp³-hybridized carbons (Fsp3) is 0.276. The number of nitrogen functional groups attached to an aromatic ring is 2. The SMILES string of the molecule is COc1cc(Cc2cnc(N)nc2N)cc(/C=C/C(=O)N2N=Cc3ccccc3C2[C@@H]2CCCC2=O)c1OC. The number of fused-ring (bicyclic) bond motifs is 1. The third-order valence-electron chi connectivity index (χ3n) is 7.14. The molecule has 3 aromatic rings. The zero-order chi connectivity index (χ0) is 27.5. The van der Waals surface area contributed by atoms with Gasteiger partial charge in [0, 0.05) is 42.2 Å². The quantitative estimate of drug-likeness (QED) is 0.445. The van der Waals surface area contributed by atoms with Crippen LogP contribution in [0.4, 0.5) is 11.8 Å². The van der Waals surface area contributed by atoms with Gasteiger partial charge in [-0.2, -0.15) is 10.1 Å². The zero-order valence-electron chi connectivity index (χ0n) is 21.8. The minimum Gasteiger partial charge on any atom is -0.493 e. The van der Waals surface area contributed by atoms with E-state index in [1.54, 1.807) is 25.6 Å². The van der Waals surface area contributed by atoms with Crippen LogP contribution in [-0.2, 0) is 16.0 Å². The molecule has 39 heavy (non-hydrogen) atoms. The maximum Gasteiger partial charge on any atom is 0.267 e. The third kappa shape index (κ3) is 5.18. The number of anilines is 2. The van der Waals surface area contributed by atoms with Gasteiger partial charge < -0.3 is 20.9 Å². The minimum absolute atomic E-state index is 0.103. The van der Waals surface area contributed by atoms with Crippen LogP contribution in [0.1, 0.15) is 53.1 Å². The number of hydrogen-bond donors (Lipinski definition) is 2. The number of methoxy groups -OCH3 is 2. The Morgan fingerprint density at radius 2 is 2.00 bits per heavy atom. The van der Waals surface area contributed by atoms with E-state index in [1.807, 2.05) is 36.4 Å². The van der Waals surface area contributed by atoms with Crippen molar-refractivity contribution in [1.82, 2.24) is 15.0 Å². The molecule has 1 fully saturated rings. The number of aromatic nitrogens is 2.